The second-order valence-electron chi connectivity index (χ2n) is 6.51. The Morgan fingerprint density at radius 2 is 1.88 bits per heavy atom. The van der Waals surface area contributed by atoms with Gasteiger partial charge in [-0.1, -0.05) is 12.2 Å². The summed E-state index contributed by atoms with van der Waals surface area (Å²) in [5.41, 5.74) is -3.03. The van der Waals surface area contributed by atoms with Gasteiger partial charge in [0.2, 0.25) is 0 Å². The van der Waals surface area contributed by atoms with Gasteiger partial charge in [-0.05, 0) is 6.92 Å². The van der Waals surface area contributed by atoms with Gasteiger partial charge in [-0.25, -0.2) is 18.5 Å². The highest BCUT2D eigenvalue weighted by atomic mass is 31.3. The molecule has 32 heavy (non-hydrogen) atoms. The van der Waals surface area contributed by atoms with Crippen LogP contribution in [0.2, 0.25) is 0 Å². The normalized spacial score (nSPS) is 27.9. The highest BCUT2D eigenvalue weighted by Crippen LogP contribution is 2.66. The lowest BCUT2D eigenvalue weighted by Gasteiger charge is -2.30. The van der Waals surface area contributed by atoms with E-state index in [0.717, 1.165) is 16.8 Å². The molecule has 1 saturated heterocycles. The van der Waals surface area contributed by atoms with Crippen LogP contribution >= 0.6 is 23.5 Å². The van der Waals surface area contributed by atoms with E-state index < -0.39 is 59.3 Å². The quantitative estimate of drug-likeness (QED) is 0.170. The molecule has 1 aromatic rings. The number of aliphatic hydroxyl groups excluding tert-OH is 1. The number of hydrogen-bond acceptors (Lipinski definition) is 10. The van der Waals surface area contributed by atoms with Gasteiger partial charge in [-0.2, -0.15) is 8.62 Å². The highest BCUT2D eigenvalue weighted by molar-refractivity contribution is 7.66. The van der Waals surface area contributed by atoms with E-state index in [0.29, 0.717) is 0 Å². The number of rotatable bonds is 10. The number of phosphoric acid groups is 3. The molecule has 0 saturated carbocycles. The number of nitrogens with zero attached hydrogens (tertiary/aromatic N) is 1. The van der Waals surface area contributed by atoms with Crippen molar-refractivity contribution < 1.29 is 56.3 Å². The smallest absolute Gasteiger partial charge is 0.390 e. The van der Waals surface area contributed by atoms with Crippen molar-refractivity contribution in [3.8, 4) is 0 Å². The standard InChI is InChI=1S/C13H21N2O14P3/c1-2-3-5-13(15-6-4-11(17)14-12(15)18)7-9(16)10(27-13)8-26-31(22,23)29-32(24,25)28-30(19,20)21/h2-4,6,9-10,16H,5,7-8H2,1H3,(H,22,23)(H,24,25)(H,14,17,18)(H2,19,20,21)/t9-,10+,13+/m0/s1. The number of ether oxygens (including phenoxy) is 1. The third-order valence-electron chi connectivity index (χ3n) is 4.08. The molecule has 1 fully saturated rings. The number of nitrogens with one attached hydrogen (secondary N) is 1. The van der Waals surface area contributed by atoms with Crippen LogP contribution < -0.4 is 11.2 Å². The molecule has 0 aliphatic carbocycles. The molecule has 1 aliphatic rings. The topological polar surface area (TPSA) is 244 Å². The molecule has 0 aromatic carbocycles. The minimum atomic E-state index is -5.70. The molecular weight excluding hydrogens is 501 g/mol. The first kappa shape index (κ1) is 27.0. The van der Waals surface area contributed by atoms with Crippen LogP contribution in [0.4, 0.5) is 0 Å². The van der Waals surface area contributed by atoms with Crippen LogP contribution in [-0.4, -0.2) is 53.0 Å². The summed E-state index contributed by atoms with van der Waals surface area (Å²) >= 11 is 0. The van der Waals surface area contributed by atoms with Gasteiger partial charge in [0.1, 0.15) is 6.10 Å². The Bertz CT molecular complexity index is 1110. The molecule has 2 heterocycles. The van der Waals surface area contributed by atoms with Gasteiger partial charge in [0, 0.05) is 25.1 Å². The van der Waals surface area contributed by atoms with E-state index in [1.54, 1.807) is 19.1 Å². The Morgan fingerprint density at radius 1 is 1.22 bits per heavy atom. The fourth-order valence-electron chi connectivity index (χ4n) is 2.91. The SMILES string of the molecule is CC=CC[C@]1(n2ccc(=O)[nH]c2=O)C[C@H](O)[C@@H](COP(=O)(O)OP(=O)(O)OP(=O)(O)O)O1. The Morgan fingerprint density at radius 3 is 2.44 bits per heavy atom. The molecule has 19 heteroatoms. The van der Waals surface area contributed by atoms with E-state index in [4.69, 9.17) is 19.4 Å². The summed E-state index contributed by atoms with van der Waals surface area (Å²) < 4.78 is 52.3. The van der Waals surface area contributed by atoms with Gasteiger partial charge in [0.15, 0.2) is 5.72 Å². The Kier molecular flexibility index (Phi) is 8.38. The number of aliphatic hydroxyl groups is 1. The Labute approximate surface area is 179 Å². The molecule has 16 nitrogen and oxygen atoms in total. The monoisotopic (exact) mass is 522 g/mol. The van der Waals surface area contributed by atoms with Crippen LogP contribution in [0.5, 0.6) is 0 Å². The molecule has 0 spiro atoms. The van der Waals surface area contributed by atoms with E-state index >= 15 is 0 Å². The van der Waals surface area contributed by atoms with Gasteiger partial charge in [-0.3, -0.25) is 18.9 Å². The van der Waals surface area contributed by atoms with Crippen LogP contribution in [-0.2, 0) is 37.3 Å². The second-order valence-corrected chi connectivity index (χ2v) is 10.9. The molecule has 1 aliphatic heterocycles. The van der Waals surface area contributed by atoms with Crippen LogP contribution in [0.25, 0.3) is 0 Å². The lowest BCUT2D eigenvalue weighted by Crippen LogP contribution is -2.44. The lowest BCUT2D eigenvalue weighted by atomic mass is 10.0. The number of hydrogen-bond donors (Lipinski definition) is 6. The minimum absolute atomic E-state index is 0.0399. The molecule has 182 valence electrons. The van der Waals surface area contributed by atoms with Gasteiger partial charge >= 0.3 is 29.2 Å². The second kappa shape index (κ2) is 9.94. The summed E-state index contributed by atoms with van der Waals surface area (Å²) in [5, 5.41) is 10.4. The summed E-state index contributed by atoms with van der Waals surface area (Å²) in [7, 11) is -16.7. The molecule has 0 amide bonds. The predicted octanol–water partition coefficient (Wildman–Crippen LogP) is -0.351. The maximum atomic E-state index is 12.2. The molecular formula is C13H21N2O14P3. The van der Waals surface area contributed by atoms with Crippen molar-refractivity contribution in [1.82, 2.24) is 9.55 Å². The lowest BCUT2D eigenvalue weighted by molar-refractivity contribution is -0.116. The zero-order valence-electron chi connectivity index (χ0n) is 16.3. The molecule has 0 radical (unpaired) electrons. The van der Waals surface area contributed by atoms with E-state index in [9.17, 15) is 33.3 Å². The summed E-state index contributed by atoms with van der Waals surface area (Å²) in [6.07, 6.45) is 1.48. The maximum Gasteiger partial charge on any atom is 0.490 e. The Balaban J connectivity index is 2.19. The van der Waals surface area contributed by atoms with Crippen LogP contribution in [0.15, 0.2) is 34.0 Å². The van der Waals surface area contributed by atoms with Crippen LogP contribution in [0, 0.1) is 0 Å². The summed E-state index contributed by atoms with van der Waals surface area (Å²) in [5.74, 6) is 0. The number of allylic oxidation sites excluding steroid dienone is 1. The molecule has 5 atom stereocenters. The fraction of sp³-hybridized carbons (Fsp3) is 0.538. The zero-order chi connectivity index (χ0) is 24.4. The van der Waals surface area contributed by atoms with Gasteiger partial charge in [0.05, 0.1) is 12.7 Å². The van der Waals surface area contributed by atoms with E-state index in [1.165, 1.54) is 0 Å². The maximum absolute atomic E-state index is 12.2. The van der Waals surface area contributed by atoms with Crippen LogP contribution in [0.3, 0.4) is 0 Å². The average Bonchev–Trinajstić information content (AvgIpc) is 2.91. The molecule has 1 aromatic heterocycles. The first-order valence-corrected chi connectivity index (χ1v) is 13.2. The molecule has 0 bridgehead atoms. The number of phosphoric ester groups is 1. The van der Waals surface area contributed by atoms with Gasteiger partial charge in [0.25, 0.3) is 5.56 Å². The molecule has 6 N–H and O–H groups in total. The Hall–Kier alpha value is -1.25. The van der Waals surface area contributed by atoms with Crippen molar-refractivity contribution in [2.45, 2.75) is 37.7 Å². The van der Waals surface area contributed by atoms with Crippen LogP contribution in [0.1, 0.15) is 19.8 Å². The summed E-state index contributed by atoms with van der Waals surface area (Å²) in [4.78, 5) is 61.4. The first-order valence-electron chi connectivity index (χ1n) is 8.66. The third kappa shape index (κ3) is 7.39. The fourth-order valence-corrected chi connectivity index (χ4v) is 5.94. The van der Waals surface area contributed by atoms with E-state index in [-0.39, 0.29) is 12.8 Å². The summed E-state index contributed by atoms with van der Waals surface area (Å²) in [6.45, 7) is 0.780. The van der Waals surface area contributed by atoms with Crippen molar-refractivity contribution in [3.63, 3.8) is 0 Å². The van der Waals surface area contributed by atoms with E-state index in [1.807, 2.05) is 4.98 Å². The van der Waals surface area contributed by atoms with Crippen molar-refractivity contribution >= 4 is 23.5 Å². The number of aromatic amines is 1. The largest absolute Gasteiger partial charge is 0.490 e. The number of aromatic nitrogens is 2. The predicted molar refractivity (Wildman–Crippen MR) is 104 cm³/mol. The summed E-state index contributed by atoms with van der Waals surface area (Å²) in [6, 6.07) is 1.05. The average molecular weight is 522 g/mol. The van der Waals surface area contributed by atoms with Crippen molar-refractivity contribution in [1.29, 1.82) is 0 Å². The molecule has 2 rings (SSSR count). The number of H-pyrrole nitrogens is 1. The van der Waals surface area contributed by atoms with Gasteiger partial charge < -0.3 is 29.4 Å². The van der Waals surface area contributed by atoms with Crippen molar-refractivity contribution in [3.05, 3.63) is 45.3 Å². The minimum Gasteiger partial charge on any atom is -0.390 e. The highest BCUT2D eigenvalue weighted by Gasteiger charge is 2.49. The zero-order valence-corrected chi connectivity index (χ0v) is 19.0. The first-order chi connectivity index (χ1) is 14.6. The van der Waals surface area contributed by atoms with E-state index in [2.05, 4.69) is 13.1 Å². The van der Waals surface area contributed by atoms with Crippen molar-refractivity contribution in [2.24, 2.45) is 0 Å². The molecule has 2 unspecified atom stereocenters. The third-order valence-corrected chi connectivity index (χ3v) is 7.88. The van der Waals surface area contributed by atoms with Crippen molar-refractivity contribution in [2.75, 3.05) is 6.61 Å². The van der Waals surface area contributed by atoms with Gasteiger partial charge in [-0.15, -0.1) is 0 Å².